The van der Waals surface area contributed by atoms with E-state index < -0.39 is 49.7 Å². The molecule has 11 nitrogen and oxygen atoms in total. The molecular formula is C41H69N5O6S. The summed E-state index contributed by atoms with van der Waals surface area (Å²) in [7, 11) is -3.54. The molecule has 300 valence electrons. The summed E-state index contributed by atoms with van der Waals surface area (Å²) in [4.78, 5) is 58.7. The second-order valence-electron chi connectivity index (χ2n) is 19.0. The van der Waals surface area contributed by atoms with E-state index in [2.05, 4.69) is 49.0 Å². The normalized spacial score (nSPS) is 27.5. The highest BCUT2D eigenvalue weighted by Gasteiger charge is 2.70. The van der Waals surface area contributed by atoms with E-state index in [0.29, 0.717) is 31.4 Å². The number of piperidine rings is 1. The molecule has 5 unspecified atom stereocenters. The molecule has 0 radical (unpaired) electrons. The van der Waals surface area contributed by atoms with Gasteiger partial charge in [-0.1, -0.05) is 85.1 Å². The van der Waals surface area contributed by atoms with Crippen molar-refractivity contribution in [2.75, 3.05) is 12.3 Å². The van der Waals surface area contributed by atoms with Gasteiger partial charge in [0.2, 0.25) is 17.7 Å². The van der Waals surface area contributed by atoms with Crippen molar-refractivity contribution in [1.29, 1.82) is 0 Å². The average molecular weight is 760 g/mol. The first-order valence-corrected chi connectivity index (χ1v) is 22.3. The molecule has 0 aromatic carbocycles. The Bertz CT molecular complexity index is 1520. The van der Waals surface area contributed by atoms with E-state index in [4.69, 9.17) is 0 Å². The van der Waals surface area contributed by atoms with Crippen LogP contribution in [0.15, 0.2) is 11.6 Å². The molecule has 0 aromatic heterocycles. The number of hydrogen-bond acceptors (Lipinski definition) is 6. The maximum atomic E-state index is 15.0. The van der Waals surface area contributed by atoms with Crippen LogP contribution in [0.1, 0.15) is 152 Å². The summed E-state index contributed by atoms with van der Waals surface area (Å²) in [5.41, 5.74) is -1.01. The summed E-state index contributed by atoms with van der Waals surface area (Å²) in [6, 6.07) is -2.42. The number of hydrogen-bond donors (Lipinski definition) is 4. The molecule has 0 spiro atoms. The standard InChI is InChI=1S/C41H69N5O6S/c1-9-11-18-30(28(10-2)34(47)42-27-19-20-27)43-35(48)32-31-29(39(31,6)7)25-46(32)36(49)33(40(8)21-14-12-15-22-40)44-37(50)45-41(23-16-13-17-24-41)26-53(51,52)38(3,4)5/h10,27,29-33H,9,11-26H2,1-8H3,(H,42,47)(H,43,48)(H2,44,45,50). The zero-order valence-corrected chi connectivity index (χ0v) is 34.7. The zero-order chi connectivity index (χ0) is 39.0. The molecule has 0 aromatic rings. The number of carbonyl (C=O) groups is 4. The summed E-state index contributed by atoms with van der Waals surface area (Å²) in [6.45, 7) is 15.8. The Morgan fingerprint density at radius 3 is 2.06 bits per heavy atom. The van der Waals surface area contributed by atoms with E-state index in [1.54, 1.807) is 31.7 Å². The first-order valence-electron chi connectivity index (χ1n) is 20.7. The van der Waals surface area contributed by atoms with Crippen molar-refractivity contribution in [3.8, 4) is 0 Å². The fourth-order valence-corrected chi connectivity index (χ4v) is 11.2. The maximum Gasteiger partial charge on any atom is 0.315 e. The lowest BCUT2D eigenvalue weighted by atomic mass is 9.70. The number of amides is 5. The summed E-state index contributed by atoms with van der Waals surface area (Å²) in [6.07, 6.45) is 14.3. The monoisotopic (exact) mass is 759 g/mol. The van der Waals surface area contributed by atoms with Crippen LogP contribution in [0.5, 0.6) is 0 Å². The summed E-state index contributed by atoms with van der Waals surface area (Å²) in [5.74, 6) is -0.679. The quantitative estimate of drug-likeness (QED) is 0.161. The number of likely N-dealkylation sites (tertiary alicyclic amines) is 1. The number of rotatable bonds is 14. The highest BCUT2D eigenvalue weighted by atomic mass is 32.2. The number of fused-ring (bicyclic) bond motifs is 1. The molecule has 5 atom stereocenters. The Labute approximate surface area is 319 Å². The van der Waals surface area contributed by atoms with Crippen LogP contribution in [0.25, 0.3) is 0 Å². The topological polar surface area (TPSA) is 154 Å². The van der Waals surface area contributed by atoms with Gasteiger partial charge in [0.25, 0.3) is 0 Å². The van der Waals surface area contributed by atoms with Crippen LogP contribution in [0.2, 0.25) is 0 Å². The molecule has 5 amide bonds. The minimum atomic E-state index is -3.54. The van der Waals surface area contributed by atoms with Gasteiger partial charge in [0, 0.05) is 18.2 Å². The molecule has 5 fully saturated rings. The molecule has 1 heterocycles. The molecule has 53 heavy (non-hydrogen) atoms. The smallest absolute Gasteiger partial charge is 0.315 e. The predicted octanol–water partition coefficient (Wildman–Crippen LogP) is 5.92. The number of carbonyl (C=O) groups excluding carboxylic acids is 4. The van der Waals surface area contributed by atoms with Crippen molar-refractivity contribution in [3.63, 3.8) is 0 Å². The van der Waals surface area contributed by atoms with E-state index in [0.717, 1.165) is 77.0 Å². The number of urea groups is 1. The Morgan fingerprint density at radius 1 is 0.906 bits per heavy atom. The molecule has 0 bridgehead atoms. The predicted molar refractivity (Wildman–Crippen MR) is 209 cm³/mol. The molecule has 4 aliphatic carbocycles. The fraction of sp³-hybridized carbons (Fsp3) is 0.854. The third-order valence-corrected chi connectivity index (χ3v) is 16.4. The molecule has 4 saturated carbocycles. The van der Waals surface area contributed by atoms with E-state index in [-0.39, 0.29) is 46.8 Å². The van der Waals surface area contributed by atoms with E-state index in [9.17, 15) is 22.8 Å². The summed E-state index contributed by atoms with van der Waals surface area (Å²) < 4.78 is 26.0. The van der Waals surface area contributed by atoms with Gasteiger partial charge in [0.15, 0.2) is 9.84 Å². The van der Waals surface area contributed by atoms with Gasteiger partial charge >= 0.3 is 6.03 Å². The van der Waals surface area contributed by atoms with Crippen molar-refractivity contribution in [1.82, 2.24) is 26.2 Å². The summed E-state index contributed by atoms with van der Waals surface area (Å²) >= 11 is 0. The second kappa shape index (κ2) is 15.8. The maximum absolute atomic E-state index is 15.0. The van der Waals surface area contributed by atoms with Crippen LogP contribution in [0, 0.1) is 22.7 Å². The molecule has 1 saturated heterocycles. The SMILES string of the molecule is CC=C(C(=O)NC1CC1)C(CCCC)NC(=O)C1C2C(CN1C(=O)C(NC(=O)NC1(CS(=O)(=O)C(C)(C)C)CCCCC1)C1(C)CCCCC1)C2(C)C. The largest absolute Gasteiger partial charge is 0.350 e. The van der Waals surface area contributed by atoms with Crippen LogP contribution in [0.3, 0.4) is 0 Å². The Hall–Kier alpha value is -2.63. The lowest BCUT2D eigenvalue weighted by Crippen LogP contribution is -2.65. The zero-order valence-electron chi connectivity index (χ0n) is 33.9. The van der Waals surface area contributed by atoms with E-state index >= 15 is 4.79 Å². The Kier molecular flexibility index (Phi) is 12.4. The fourth-order valence-electron chi connectivity index (χ4n) is 9.64. The highest BCUT2D eigenvalue weighted by Crippen LogP contribution is 2.65. The van der Waals surface area contributed by atoms with Crippen molar-refractivity contribution in [3.05, 3.63) is 11.6 Å². The van der Waals surface area contributed by atoms with E-state index in [1.807, 2.05) is 6.92 Å². The second-order valence-corrected chi connectivity index (χ2v) is 21.8. The first kappa shape index (κ1) is 41.5. The van der Waals surface area contributed by atoms with Gasteiger partial charge in [-0.3, -0.25) is 14.4 Å². The number of allylic oxidation sites excluding steroid dienone is 1. The van der Waals surface area contributed by atoms with Crippen molar-refractivity contribution < 1.29 is 27.6 Å². The molecule has 5 aliphatic rings. The molecule has 12 heteroatoms. The van der Waals surface area contributed by atoms with Crippen molar-refractivity contribution >= 4 is 33.6 Å². The van der Waals surface area contributed by atoms with Crippen LogP contribution in [-0.4, -0.2) is 83.8 Å². The van der Waals surface area contributed by atoms with E-state index in [1.165, 1.54) is 0 Å². The van der Waals surface area contributed by atoms with Gasteiger partial charge < -0.3 is 26.2 Å². The molecular weight excluding hydrogens is 691 g/mol. The minimum absolute atomic E-state index is 0.0330. The van der Waals surface area contributed by atoms with Gasteiger partial charge in [-0.2, -0.15) is 0 Å². The van der Waals surface area contributed by atoms with Crippen LogP contribution < -0.4 is 21.3 Å². The number of nitrogens with zero attached hydrogens (tertiary/aromatic N) is 1. The highest BCUT2D eigenvalue weighted by molar-refractivity contribution is 7.92. The van der Waals surface area contributed by atoms with Crippen LogP contribution in [0.4, 0.5) is 4.79 Å². The number of nitrogens with one attached hydrogen (secondary N) is 4. The summed E-state index contributed by atoms with van der Waals surface area (Å²) in [5, 5.41) is 12.6. The van der Waals surface area contributed by atoms with Gasteiger partial charge in [-0.15, -0.1) is 0 Å². The average Bonchev–Trinajstić information content (AvgIpc) is 3.93. The lowest BCUT2D eigenvalue weighted by Gasteiger charge is -2.44. The third kappa shape index (κ3) is 9.09. The van der Waals surface area contributed by atoms with Gasteiger partial charge in [-0.05, 0) is 95.3 Å². The van der Waals surface area contributed by atoms with Crippen molar-refractivity contribution in [2.45, 2.75) is 186 Å². The van der Waals surface area contributed by atoms with Crippen molar-refractivity contribution in [2.24, 2.45) is 22.7 Å². The van der Waals surface area contributed by atoms with Crippen LogP contribution in [-0.2, 0) is 24.2 Å². The Balaban J connectivity index is 1.41. The Morgan fingerprint density at radius 2 is 1.51 bits per heavy atom. The molecule has 4 N–H and O–H groups in total. The lowest BCUT2D eigenvalue weighted by molar-refractivity contribution is -0.145. The van der Waals surface area contributed by atoms with Gasteiger partial charge in [0.1, 0.15) is 12.1 Å². The number of sulfone groups is 1. The minimum Gasteiger partial charge on any atom is -0.350 e. The number of unbranched alkanes of at least 4 members (excludes halogenated alkanes) is 1. The molecule has 1 aliphatic heterocycles. The van der Waals surface area contributed by atoms with Crippen LogP contribution >= 0.6 is 0 Å². The van der Waals surface area contributed by atoms with Gasteiger partial charge in [0.05, 0.1) is 22.1 Å². The van der Waals surface area contributed by atoms with Gasteiger partial charge in [-0.25, -0.2) is 13.2 Å². The third-order valence-electron chi connectivity index (χ3n) is 13.6. The first-order chi connectivity index (χ1) is 24.8. The molecule has 5 rings (SSSR count).